The Kier molecular flexibility index (Phi) is 14.2. The van der Waals surface area contributed by atoms with E-state index in [1.165, 1.54) is 12.2 Å². The molecule has 0 heterocycles. The molecule has 156 valence electrons. The lowest BCUT2D eigenvalue weighted by Gasteiger charge is -2.15. The van der Waals surface area contributed by atoms with E-state index in [1.54, 1.807) is 6.92 Å². The fraction of sp³-hybridized carbons (Fsp3) is 0.833. The van der Waals surface area contributed by atoms with Crippen molar-refractivity contribution in [3.8, 4) is 0 Å². The topological polar surface area (TPSA) is 144 Å². The van der Waals surface area contributed by atoms with Gasteiger partial charge in [-0.25, -0.2) is 0 Å². The van der Waals surface area contributed by atoms with Crippen molar-refractivity contribution < 1.29 is 24.9 Å². The Morgan fingerprint density at radius 3 is 1.81 bits per heavy atom. The summed E-state index contributed by atoms with van der Waals surface area (Å²) in [5.41, 5.74) is 0. The van der Waals surface area contributed by atoms with E-state index in [-0.39, 0.29) is 25.7 Å². The van der Waals surface area contributed by atoms with Crippen LogP contribution < -0.4 is 0 Å². The summed E-state index contributed by atoms with van der Waals surface area (Å²) in [7, 11) is 0. The minimum atomic E-state index is -1.14. The molecule has 0 aromatic carbocycles. The first-order chi connectivity index (χ1) is 12.8. The molecule has 0 aromatic rings. The van der Waals surface area contributed by atoms with Crippen molar-refractivity contribution in [3.05, 3.63) is 32.4 Å². The molecule has 0 aliphatic carbocycles. The molecule has 4 unspecified atom stereocenters. The van der Waals surface area contributed by atoms with Crippen molar-refractivity contribution in [2.24, 2.45) is 0 Å². The van der Waals surface area contributed by atoms with Crippen molar-refractivity contribution in [1.29, 1.82) is 0 Å². The second-order valence-electron chi connectivity index (χ2n) is 6.70. The maximum absolute atomic E-state index is 11.2. The van der Waals surface area contributed by atoms with Crippen LogP contribution in [0, 0.1) is 20.2 Å². The molecule has 27 heavy (non-hydrogen) atoms. The first-order valence-corrected chi connectivity index (χ1v) is 9.56. The Morgan fingerprint density at radius 2 is 1.33 bits per heavy atom. The van der Waals surface area contributed by atoms with Crippen LogP contribution in [0.5, 0.6) is 0 Å². The van der Waals surface area contributed by atoms with Gasteiger partial charge >= 0.3 is 0 Å². The maximum atomic E-state index is 11.2. The van der Waals surface area contributed by atoms with Crippen LogP contribution in [0.4, 0.5) is 0 Å². The van der Waals surface area contributed by atoms with Gasteiger partial charge in [0, 0.05) is 29.1 Å². The summed E-state index contributed by atoms with van der Waals surface area (Å²) in [5, 5.41) is 41.8. The van der Waals surface area contributed by atoms with Gasteiger partial charge in [-0.05, 0) is 25.7 Å². The Morgan fingerprint density at radius 1 is 0.852 bits per heavy atom. The highest BCUT2D eigenvalue weighted by atomic mass is 16.6. The normalized spacial score (nSPS) is 16.0. The summed E-state index contributed by atoms with van der Waals surface area (Å²) in [4.78, 5) is 31.1. The van der Waals surface area contributed by atoms with Crippen LogP contribution in [-0.2, 0) is 4.79 Å². The monoisotopic (exact) mass is 388 g/mol. The molecule has 0 bridgehead atoms. The van der Waals surface area contributed by atoms with Gasteiger partial charge in [0.15, 0.2) is 0 Å². The van der Waals surface area contributed by atoms with Gasteiger partial charge in [-0.3, -0.25) is 20.2 Å². The van der Waals surface area contributed by atoms with E-state index in [4.69, 9.17) is 0 Å². The molecular formula is C18H32N2O7. The molecule has 2 N–H and O–H groups in total. The largest absolute Gasteiger partial charge is 0.386 e. The van der Waals surface area contributed by atoms with E-state index in [9.17, 15) is 35.2 Å². The molecule has 0 aliphatic heterocycles. The molecule has 0 aliphatic rings. The fourth-order valence-corrected chi connectivity index (χ4v) is 2.90. The average molecular weight is 388 g/mol. The summed E-state index contributed by atoms with van der Waals surface area (Å²) in [6, 6.07) is -2.10. The third-order valence-electron chi connectivity index (χ3n) is 4.59. The van der Waals surface area contributed by atoms with Gasteiger partial charge in [0.25, 0.3) is 0 Å². The zero-order chi connectivity index (χ0) is 20.7. The molecule has 4 atom stereocenters. The number of carbonyl (C=O) groups is 1. The lowest BCUT2D eigenvalue weighted by molar-refractivity contribution is -0.535. The van der Waals surface area contributed by atoms with Crippen molar-refractivity contribution in [3.63, 3.8) is 0 Å². The number of rotatable bonds is 17. The number of carbonyl (C=O) groups excluding carboxylic acids is 1. The molecular weight excluding hydrogens is 356 g/mol. The van der Waals surface area contributed by atoms with Crippen molar-refractivity contribution >= 4 is 6.29 Å². The Balaban J connectivity index is 4.24. The number of aldehydes is 1. The van der Waals surface area contributed by atoms with Crippen LogP contribution in [-0.4, -0.2) is 50.6 Å². The standard InChI is InChI=1S/C18H32N2O7/c1-2-15(19(24)25)17(22)12-8-9-13-18(23)16(20(26)27)11-7-5-3-4-6-10-14-21/h8-9,14-18,22-23H,2-7,10-13H2,1H3/b9-8-. The van der Waals surface area contributed by atoms with Gasteiger partial charge in [-0.1, -0.05) is 38.3 Å². The van der Waals surface area contributed by atoms with Gasteiger partial charge < -0.3 is 15.0 Å². The Hall–Kier alpha value is -1.87. The van der Waals surface area contributed by atoms with Crippen LogP contribution >= 0.6 is 0 Å². The van der Waals surface area contributed by atoms with Gasteiger partial charge in [0.1, 0.15) is 18.5 Å². The zero-order valence-corrected chi connectivity index (χ0v) is 15.9. The second kappa shape index (κ2) is 15.2. The Bertz CT molecular complexity index is 471. The van der Waals surface area contributed by atoms with E-state index in [2.05, 4.69) is 0 Å². The number of aliphatic hydroxyl groups excluding tert-OH is 2. The summed E-state index contributed by atoms with van der Waals surface area (Å²) >= 11 is 0. The summed E-state index contributed by atoms with van der Waals surface area (Å²) < 4.78 is 0. The quantitative estimate of drug-likeness (QED) is 0.128. The van der Waals surface area contributed by atoms with E-state index in [0.29, 0.717) is 12.8 Å². The molecule has 0 saturated heterocycles. The van der Waals surface area contributed by atoms with E-state index in [0.717, 1.165) is 32.0 Å². The van der Waals surface area contributed by atoms with E-state index < -0.39 is 34.1 Å². The first kappa shape index (κ1) is 25.1. The number of aliphatic hydroxyl groups is 2. The van der Waals surface area contributed by atoms with Gasteiger partial charge in [0.05, 0.1) is 0 Å². The van der Waals surface area contributed by atoms with Crippen LogP contribution in [0.25, 0.3) is 0 Å². The predicted octanol–water partition coefficient (Wildman–Crippen LogP) is 2.67. The smallest absolute Gasteiger partial charge is 0.238 e. The lowest BCUT2D eigenvalue weighted by Crippen LogP contribution is -2.33. The molecule has 0 saturated carbocycles. The SMILES string of the molecule is CCC(C(O)C/C=C\CC(O)C(CCCCCCCC=O)[N+](=O)[O-])[N+](=O)[O-]. The predicted molar refractivity (Wildman–Crippen MR) is 101 cm³/mol. The van der Waals surface area contributed by atoms with Crippen molar-refractivity contribution in [2.45, 2.75) is 95.4 Å². The van der Waals surface area contributed by atoms with Crippen LogP contribution in [0.3, 0.4) is 0 Å². The molecule has 9 nitrogen and oxygen atoms in total. The highest BCUT2D eigenvalue weighted by molar-refractivity contribution is 5.48. The van der Waals surface area contributed by atoms with Crippen molar-refractivity contribution in [1.82, 2.24) is 0 Å². The first-order valence-electron chi connectivity index (χ1n) is 9.56. The molecule has 9 heteroatoms. The lowest BCUT2D eigenvalue weighted by atomic mass is 9.99. The number of unbranched alkanes of at least 4 members (excludes halogenated alkanes) is 5. The number of hydrogen-bond donors (Lipinski definition) is 2. The van der Waals surface area contributed by atoms with Crippen LogP contribution in [0.1, 0.15) is 71.1 Å². The van der Waals surface area contributed by atoms with E-state index in [1.807, 2.05) is 0 Å². The minimum absolute atomic E-state index is 0.0625. The van der Waals surface area contributed by atoms with Crippen LogP contribution in [0.15, 0.2) is 12.2 Å². The van der Waals surface area contributed by atoms with Crippen molar-refractivity contribution in [2.75, 3.05) is 0 Å². The highest BCUT2D eigenvalue weighted by Gasteiger charge is 2.29. The molecule has 0 spiro atoms. The third kappa shape index (κ3) is 11.4. The molecule has 0 amide bonds. The number of nitro groups is 2. The van der Waals surface area contributed by atoms with Gasteiger partial charge in [-0.15, -0.1) is 0 Å². The van der Waals surface area contributed by atoms with Gasteiger partial charge in [-0.2, -0.15) is 0 Å². The highest BCUT2D eigenvalue weighted by Crippen LogP contribution is 2.15. The maximum Gasteiger partial charge on any atom is 0.238 e. The second-order valence-corrected chi connectivity index (χ2v) is 6.70. The summed E-state index contributed by atoms with van der Waals surface area (Å²) in [6.07, 6.45) is 6.92. The van der Waals surface area contributed by atoms with E-state index >= 15 is 0 Å². The molecule has 0 rings (SSSR count). The summed E-state index contributed by atoms with van der Waals surface area (Å²) in [5.74, 6) is 0. The molecule has 0 aromatic heterocycles. The van der Waals surface area contributed by atoms with Crippen LogP contribution in [0.2, 0.25) is 0 Å². The molecule has 0 radical (unpaired) electrons. The Labute approximate surface area is 159 Å². The minimum Gasteiger partial charge on any atom is -0.386 e. The van der Waals surface area contributed by atoms with Gasteiger partial charge in [0.2, 0.25) is 12.1 Å². The zero-order valence-electron chi connectivity index (χ0n) is 15.9. The summed E-state index contributed by atoms with van der Waals surface area (Å²) in [6.45, 7) is 1.62. The number of nitrogens with zero attached hydrogens (tertiary/aromatic N) is 2. The fourth-order valence-electron chi connectivity index (χ4n) is 2.90. The number of hydrogen-bond acceptors (Lipinski definition) is 7. The average Bonchev–Trinajstić information content (AvgIpc) is 2.60. The third-order valence-corrected chi connectivity index (χ3v) is 4.59. The molecule has 0 fully saturated rings.